The molecule has 2 heterocycles. The highest BCUT2D eigenvalue weighted by molar-refractivity contribution is 7.91. The first kappa shape index (κ1) is 17.6. The van der Waals surface area contributed by atoms with Crippen LogP contribution in [-0.4, -0.2) is 35.6 Å². The fraction of sp³-hybridized carbons (Fsp3) is 0.412. The molecule has 1 unspecified atom stereocenters. The Hall–Kier alpha value is -2.22. The van der Waals surface area contributed by atoms with Gasteiger partial charge in [-0.15, -0.1) is 0 Å². The van der Waals surface area contributed by atoms with Crippen molar-refractivity contribution in [2.24, 2.45) is 0 Å². The lowest BCUT2D eigenvalue weighted by molar-refractivity contribution is -0.115. The number of carbonyl (C=O) groups is 1. The summed E-state index contributed by atoms with van der Waals surface area (Å²) in [5, 5.41) is 7.18. The van der Waals surface area contributed by atoms with E-state index in [0.29, 0.717) is 12.1 Å². The van der Waals surface area contributed by atoms with Crippen LogP contribution < -0.4 is 5.32 Å². The summed E-state index contributed by atoms with van der Waals surface area (Å²) in [4.78, 5) is 12.3. The highest BCUT2D eigenvalue weighted by Gasteiger charge is 2.31. The molecule has 8 heteroatoms. The van der Waals surface area contributed by atoms with Gasteiger partial charge in [0.1, 0.15) is 5.82 Å². The zero-order chi connectivity index (χ0) is 18.2. The number of carbonyl (C=O) groups excluding carboxylic acids is 1. The average molecular weight is 365 g/mol. The monoisotopic (exact) mass is 365 g/mol. The van der Waals surface area contributed by atoms with Gasteiger partial charge >= 0.3 is 0 Å². The molecule has 1 amide bonds. The highest BCUT2D eigenvalue weighted by Crippen LogP contribution is 2.27. The Balaban J connectivity index is 1.74. The van der Waals surface area contributed by atoms with Crippen LogP contribution in [0.3, 0.4) is 0 Å². The third kappa shape index (κ3) is 3.89. The zero-order valence-corrected chi connectivity index (χ0v) is 14.9. The first-order chi connectivity index (χ1) is 11.7. The molecule has 1 aromatic carbocycles. The number of nitrogens with zero attached hydrogens (tertiary/aromatic N) is 2. The Morgan fingerprint density at radius 3 is 2.60 bits per heavy atom. The molecule has 1 atom stereocenters. The second kappa shape index (κ2) is 6.59. The molecular weight excluding hydrogens is 345 g/mol. The summed E-state index contributed by atoms with van der Waals surface area (Å²) in [5.74, 6) is -0.319. The fourth-order valence-electron chi connectivity index (χ4n) is 3.18. The van der Waals surface area contributed by atoms with Crippen molar-refractivity contribution >= 4 is 21.4 Å². The number of aromatic nitrogens is 2. The fourth-order valence-corrected chi connectivity index (χ4v) is 4.87. The topological polar surface area (TPSA) is 81.1 Å². The Morgan fingerprint density at radius 1 is 1.32 bits per heavy atom. The minimum atomic E-state index is -3.00. The molecular formula is C17H20FN3O3S. The molecule has 0 spiro atoms. The van der Waals surface area contributed by atoms with Gasteiger partial charge in [-0.1, -0.05) is 0 Å². The SMILES string of the molecule is Cc1nn(C2CCS(=O)(=O)C2)c(C)c1CC(=O)Nc1ccc(F)cc1. The lowest BCUT2D eigenvalue weighted by atomic mass is 10.1. The minimum Gasteiger partial charge on any atom is -0.326 e. The van der Waals surface area contributed by atoms with E-state index in [0.717, 1.165) is 17.0 Å². The number of nitrogens with one attached hydrogen (secondary N) is 1. The Kier molecular flexibility index (Phi) is 4.64. The maximum Gasteiger partial charge on any atom is 0.228 e. The molecule has 1 aliphatic rings. The summed E-state index contributed by atoms with van der Waals surface area (Å²) in [6, 6.07) is 5.40. The molecule has 1 aromatic heterocycles. The summed E-state index contributed by atoms with van der Waals surface area (Å²) in [7, 11) is -3.00. The second-order valence-electron chi connectivity index (χ2n) is 6.38. The van der Waals surface area contributed by atoms with Crippen molar-refractivity contribution in [2.45, 2.75) is 32.7 Å². The van der Waals surface area contributed by atoms with Crippen LogP contribution in [0, 0.1) is 19.7 Å². The van der Waals surface area contributed by atoms with E-state index in [-0.39, 0.29) is 35.7 Å². The molecule has 2 aromatic rings. The van der Waals surface area contributed by atoms with Crippen LogP contribution in [-0.2, 0) is 21.1 Å². The lowest BCUT2D eigenvalue weighted by Crippen LogP contribution is -2.16. The van der Waals surface area contributed by atoms with Crippen molar-refractivity contribution in [3.8, 4) is 0 Å². The van der Waals surface area contributed by atoms with Gasteiger partial charge in [0.25, 0.3) is 0 Å². The number of anilines is 1. The largest absolute Gasteiger partial charge is 0.326 e. The minimum absolute atomic E-state index is 0.0934. The molecule has 1 N–H and O–H groups in total. The number of hydrogen-bond donors (Lipinski definition) is 1. The lowest BCUT2D eigenvalue weighted by Gasteiger charge is -2.11. The molecule has 0 bridgehead atoms. The van der Waals surface area contributed by atoms with Crippen molar-refractivity contribution in [1.29, 1.82) is 0 Å². The summed E-state index contributed by atoms with van der Waals surface area (Å²) in [5.41, 5.74) is 2.85. The van der Waals surface area contributed by atoms with Crippen molar-refractivity contribution in [1.82, 2.24) is 9.78 Å². The third-order valence-electron chi connectivity index (χ3n) is 4.49. The van der Waals surface area contributed by atoms with Crippen molar-refractivity contribution in [3.63, 3.8) is 0 Å². The van der Waals surface area contributed by atoms with Gasteiger partial charge in [0.15, 0.2) is 9.84 Å². The number of halogens is 1. The van der Waals surface area contributed by atoms with Crippen LogP contribution in [0.4, 0.5) is 10.1 Å². The van der Waals surface area contributed by atoms with E-state index >= 15 is 0 Å². The van der Waals surface area contributed by atoms with Gasteiger partial charge in [0, 0.05) is 16.9 Å². The first-order valence-corrected chi connectivity index (χ1v) is 9.88. The number of aryl methyl sites for hydroxylation is 1. The molecule has 3 rings (SSSR count). The first-order valence-electron chi connectivity index (χ1n) is 8.05. The van der Waals surface area contributed by atoms with Crippen LogP contribution in [0.25, 0.3) is 0 Å². The molecule has 134 valence electrons. The molecule has 1 fully saturated rings. The van der Waals surface area contributed by atoms with Crippen LogP contribution in [0.2, 0.25) is 0 Å². The van der Waals surface area contributed by atoms with Crippen molar-refractivity contribution in [2.75, 3.05) is 16.8 Å². The van der Waals surface area contributed by atoms with Gasteiger partial charge in [-0.2, -0.15) is 5.10 Å². The Labute approximate surface area is 146 Å². The highest BCUT2D eigenvalue weighted by atomic mass is 32.2. The predicted octanol–water partition coefficient (Wildman–Crippen LogP) is 2.18. The smallest absolute Gasteiger partial charge is 0.228 e. The van der Waals surface area contributed by atoms with E-state index in [2.05, 4.69) is 10.4 Å². The van der Waals surface area contributed by atoms with Gasteiger partial charge in [-0.25, -0.2) is 12.8 Å². The molecule has 1 aliphatic heterocycles. The summed E-state index contributed by atoms with van der Waals surface area (Å²) < 4.78 is 38.0. The molecule has 0 saturated carbocycles. The van der Waals surface area contributed by atoms with Crippen molar-refractivity contribution in [3.05, 3.63) is 47.0 Å². The number of benzene rings is 1. The zero-order valence-electron chi connectivity index (χ0n) is 14.1. The number of amides is 1. The van der Waals surface area contributed by atoms with Gasteiger partial charge in [-0.3, -0.25) is 9.48 Å². The van der Waals surface area contributed by atoms with E-state index < -0.39 is 9.84 Å². The van der Waals surface area contributed by atoms with E-state index in [1.165, 1.54) is 24.3 Å². The maximum atomic E-state index is 12.9. The third-order valence-corrected chi connectivity index (χ3v) is 6.24. The van der Waals surface area contributed by atoms with Crippen LogP contribution in [0.5, 0.6) is 0 Å². The number of sulfone groups is 1. The summed E-state index contributed by atoms with van der Waals surface area (Å²) in [6.07, 6.45) is 0.681. The molecule has 6 nitrogen and oxygen atoms in total. The van der Waals surface area contributed by atoms with Crippen molar-refractivity contribution < 1.29 is 17.6 Å². The average Bonchev–Trinajstić information content (AvgIpc) is 3.03. The van der Waals surface area contributed by atoms with E-state index in [4.69, 9.17) is 0 Å². The van der Waals surface area contributed by atoms with Crippen LogP contribution in [0.15, 0.2) is 24.3 Å². The molecule has 1 saturated heterocycles. The predicted molar refractivity (Wildman–Crippen MR) is 92.7 cm³/mol. The van der Waals surface area contributed by atoms with Gasteiger partial charge in [0.05, 0.1) is 29.7 Å². The van der Waals surface area contributed by atoms with Gasteiger partial charge < -0.3 is 5.32 Å². The standard InChI is InChI=1S/C17H20FN3O3S/c1-11-16(9-17(22)19-14-5-3-13(18)4-6-14)12(2)21(20-11)15-7-8-25(23,24)10-15/h3-6,15H,7-10H2,1-2H3,(H,19,22). The van der Waals surface area contributed by atoms with E-state index in [1.54, 1.807) is 4.68 Å². The Morgan fingerprint density at radius 2 is 2.00 bits per heavy atom. The maximum absolute atomic E-state index is 12.9. The molecule has 0 radical (unpaired) electrons. The van der Waals surface area contributed by atoms with Crippen LogP contribution >= 0.6 is 0 Å². The number of hydrogen-bond acceptors (Lipinski definition) is 4. The normalized spacial score (nSPS) is 19.1. The van der Waals surface area contributed by atoms with Gasteiger partial charge in [-0.05, 0) is 44.5 Å². The summed E-state index contributed by atoms with van der Waals surface area (Å²) in [6.45, 7) is 3.67. The second-order valence-corrected chi connectivity index (χ2v) is 8.61. The number of rotatable bonds is 4. The quantitative estimate of drug-likeness (QED) is 0.900. The molecule has 25 heavy (non-hydrogen) atoms. The van der Waals surface area contributed by atoms with Gasteiger partial charge in [0.2, 0.25) is 5.91 Å². The molecule has 0 aliphatic carbocycles. The summed E-state index contributed by atoms with van der Waals surface area (Å²) >= 11 is 0. The van der Waals surface area contributed by atoms with E-state index in [9.17, 15) is 17.6 Å². The van der Waals surface area contributed by atoms with E-state index in [1.807, 2.05) is 13.8 Å². The van der Waals surface area contributed by atoms with Crippen LogP contribution in [0.1, 0.15) is 29.4 Å². The Bertz CT molecular complexity index is 904.